The molecule has 1 N–H and O–H groups in total. The normalized spacial score (nSPS) is 15.3. The zero-order chi connectivity index (χ0) is 16.4. The first-order valence-corrected chi connectivity index (χ1v) is 7.92. The van der Waals surface area contributed by atoms with Gasteiger partial charge in [0, 0.05) is 4.47 Å². The minimum atomic E-state index is -2.97. The minimum Gasteiger partial charge on any atom is -0.434 e. The van der Waals surface area contributed by atoms with Crippen LogP contribution in [0.4, 0.5) is 8.78 Å². The number of rotatable bonds is 5. The average molecular weight is 382 g/mol. The maximum Gasteiger partial charge on any atom is 0.387 e. The fourth-order valence-electron chi connectivity index (χ4n) is 2.52. The monoisotopic (exact) mass is 381 g/mol. The predicted octanol–water partition coefficient (Wildman–Crippen LogP) is 4.47. The van der Waals surface area contributed by atoms with Crippen LogP contribution >= 0.6 is 15.9 Å². The molecule has 0 unspecified atom stereocenters. The highest BCUT2D eigenvalue weighted by Gasteiger charge is 2.45. The molecule has 0 bridgehead atoms. The number of benzene rings is 2. The summed E-state index contributed by atoms with van der Waals surface area (Å²) in [5.41, 5.74) is 0.688. The predicted molar refractivity (Wildman–Crippen MR) is 85.6 cm³/mol. The smallest absolute Gasteiger partial charge is 0.387 e. The summed E-state index contributed by atoms with van der Waals surface area (Å²) < 4.78 is 30.3. The second-order valence-electron chi connectivity index (χ2n) is 5.42. The van der Waals surface area contributed by atoms with Gasteiger partial charge in [-0.2, -0.15) is 8.78 Å². The Morgan fingerprint density at radius 2 is 1.78 bits per heavy atom. The lowest BCUT2D eigenvalue weighted by molar-refractivity contribution is -0.0501. The van der Waals surface area contributed by atoms with Gasteiger partial charge < -0.3 is 10.1 Å². The Morgan fingerprint density at radius 1 is 1.13 bits per heavy atom. The van der Waals surface area contributed by atoms with Crippen molar-refractivity contribution in [2.45, 2.75) is 25.0 Å². The molecule has 0 saturated heterocycles. The van der Waals surface area contributed by atoms with E-state index in [9.17, 15) is 13.6 Å². The summed E-state index contributed by atoms with van der Waals surface area (Å²) >= 11 is 3.38. The maximum atomic E-state index is 12.5. The second kappa shape index (κ2) is 6.28. The van der Waals surface area contributed by atoms with Gasteiger partial charge in [-0.25, -0.2) is 0 Å². The molecule has 0 atom stereocenters. The number of hydrogen-bond acceptors (Lipinski definition) is 2. The van der Waals surface area contributed by atoms with E-state index in [1.54, 1.807) is 12.1 Å². The lowest BCUT2D eigenvalue weighted by Crippen LogP contribution is -2.35. The fourth-order valence-corrected chi connectivity index (χ4v) is 2.78. The first kappa shape index (κ1) is 15.9. The molecular formula is C17H14BrF2NO2. The molecule has 0 aromatic heterocycles. The van der Waals surface area contributed by atoms with Crippen LogP contribution in [0.5, 0.6) is 5.75 Å². The van der Waals surface area contributed by atoms with Gasteiger partial charge >= 0.3 is 6.61 Å². The van der Waals surface area contributed by atoms with Crippen molar-refractivity contribution in [1.29, 1.82) is 0 Å². The largest absolute Gasteiger partial charge is 0.434 e. The second-order valence-corrected chi connectivity index (χ2v) is 6.33. The summed E-state index contributed by atoms with van der Waals surface area (Å²) in [5.74, 6) is -0.534. The molecule has 6 heteroatoms. The van der Waals surface area contributed by atoms with Crippen LogP contribution in [-0.4, -0.2) is 12.5 Å². The Kier molecular flexibility index (Phi) is 4.35. The third kappa shape index (κ3) is 3.52. The molecule has 23 heavy (non-hydrogen) atoms. The van der Waals surface area contributed by atoms with Gasteiger partial charge in [0.15, 0.2) is 0 Å². The molecule has 1 aliphatic carbocycles. The van der Waals surface area contributed by atoms with Crippen molar-refractivity contribution in [2.24, 2.45) is 0 Å². The molecule has 0 heterocycles. The van der Waals surface area contributed by atoms with E-state index in [0.29, 0.717) is 0 Å². The number of alkyl halides is 2. The van der Waals surface area contributed by atoms with E-state index < -0.39 is 18.1 Å². The number of amides is 1. The summed E-state index contributed by atoms with van der Waals surface area (Å²) in [7, 11) is 0. The quantitative estimate of drug-likeness (QED) is 0.829. The standard InChI is InChI=1S/C17H14BrF2NO2/c18-12-7-5-11(6-8-12)17(9-10-17)21-15(22)13-3-1-2-4-14(13)23-16(19)20/h1-8,16H,9-10H2,(H,21,22). The van der Waals surface area contributed by atoms with Crippen molar-refractivity contribution >= 4 is 21.8 Å². The van der Waals surface area contributed by atoms with Crippen molar-refractivity contribution in [3.8, 4) is 5.75 Å². The number of halogens is 3. The summed E-state index contributed by atoms with van der Waals surface area (Å²) in [5, 5.41) is 2.95. The van der Waals surface area contributed by atoms with E-state index in [2.05, 4.69) is 26.0 Å². The first-order valence-electron chi connectivity index (χ1n) is 7.13. The van der Waals surface area contributed by atoms with Crippen LogP contribution in [0, 0.1) is 0 Å². The topological polar surface area (TPSA) is 38.3 Å². The van der Waals surface area contributed by atoms with Gasteiger partial charge in [0.25, 0.3) is 5.91 Å². The Bertz CT molecular complexity index is 715. The van der Waals surface area contributed by atoms with E-state index in [4.69, 9.17) is 0 Å². The lowest BCUT2D eigenvalue weighted by atomic mass is 10.0. The number of carbonyl (C=O) groups is 1. The molecule has 2 aromatic rings. The van der Waals surface area contributed by atoms with E-state index in [1.165, 1.54) is 12.1 Å². The molecule has 1 aliphatic rings. The highest BCUT2D eigenvalue weighted by Crippen LogP contribution is 2.46. The molecule has 3 nitrogen and oxygen atoms in total. The van der Waals surface area contributed by atoms with Crippen molar-refractivity contribution < 1.29 is 18.3 Å². The molecule has 0 aliphatic heterocycles. The Morgan fingerprint density at radius 3 is 2.39 bits per heavy atom. The van der Waals surface area contributed by atoms with E-state index in [0.717, 1.165) is 22.9 Å². The van der Waals surface area contributed by atoms with Crippen LogP contribution in [0.25, 0.3) is 0 Å². The number of carbonyl (C=O) groups excluding carboxylic acids is 1. The molecule has 2 aromatic carbocycles. The SMILES string of the molecule is O=C(NC1(c2ccc(Br)cc2)CC1)c1ccccc1OC(F)F. The summed E-state index contributed by atoms with van der Waals surface area (Å²) in [4.78, 5) is 12.5. The van der Waals surface area contributed by atoms with Gasteiger partial charge in [-0.05, 0) is 42.7 Å². The van der Waals surface area contributed by atoms with E-state index in [-0.39, 0.29) is 11.3 Å². The van der Waals surface area contributed by atoms with Crippen LogP contribution in [0.15, 0.2) is 53.0 Å². The van der Waals surface area contributed by atoms with Crippen molar-refractivity contribution in [3.63, 3.8) is 0 Å². The van der Waals surface area contributed by atoms with Gasteiger partial charge in [-0.15, -0.1) is 0 Å². The molecular weight excluding hydrogens is 368 g/mol. The summed E-state index contributed by atoms with van der Waals surface area (Å²) in [6, 6.07) is 13.7. The minimum absolute atomic E-state index is 0.108. The molecule has 3 rings (SSSR count). The van der Waals surface area contributed by atoms with E-state index in [1.807, 2.05) is 24.3 Å². The average Bonchev–Trinajstić information content (AvgIpc) is 3.28. The third-order valence-corrected chi connectivity index (χ3v) is 4.38. The van der Waals surface area contributed by atoms with Crippen molar-refractivity contribution in [3.05, 3.63) is 64.1 Å². The van der Waals surface area contributed by atoms with Gasteiger partial charge in [-0.1, -0.05) is 40.2 Å². The first-order chi connectivity index (χ1) is 11.0. The number of para-hydroxylation sites is 1. The lowest BCUT2D eigenvalue weighted by Gasteiger charge is -2.19. The van der Waals surface area contributed by atoms with Crippen molar-refractivity contribution in [1.82, 2.24) is 5.32 Å². The zero-order valence-electron chi connectivity index (χ0n) is 12.1. The van der Waals surface area contributed by atoms with Gasteiger partial charge in [-0.3, -0.25) is 4.79 Å². The van der Waals surface area contributed by atoms with Crippen LogP contribution in [0.3, 0.4) is 0 Å². The fraction of sp³-hybridized carbons (Fsp3) is 0.235. The Hall–Kier alpha value is -1.95. The van der Waals surface area contributed by atoms with Gasteiger partial charge in [0.05, 0.1) is 11.1 Å². The molecule has 1 fully saturated rings. The number of hydrogen-bond donors (Lipinski definition) is 1. The van der Waals surface area contributed by atoms with Crippen LogP contribution in [0.1, 0.15) is 28.8 Å². The van der Waals surface area contributed by atoms with Gasteiger partial charge in [0.1, 0.15) is 5.75 Å². The Labute approximate surface area is 140 Å². The summed E-state index contributed by atoms with van der Waals surface area (Å²) in [6.45, 7) is -2.97. The summed E-state index contributed by atoms with van der Waals surface area (Å²) in [6.07, 6.45) is 1.64. The van der Waals surface area contributed by atoms with Crippen LogP contribution < -0.4 is 10.1 Å². The number of nitrogens with one attached hydrogen (secondary N) is 1. The molecule has 0 spiro atoms. The third-order valence-electron chi connectivity index (χ3n) is 3.85. The molecule has 1 saturated carbocycles. The number of ether oxygens (including phenoxy) is 1. The molecule has 1 amide bonds. The van der Waals surface area contributed by atoms with Crippen molar-refractivity contribution in [2.75, 3.05) is 0 Å². The van der Waals surface area contributed by atoms with Crippen LogP contribution in [-0.2, 0) is 5.54 Å². The Balaban J connectivity index is 1.81. The highest BCUT2D eigenvalue weighted by molar-refractivity contribution is 9.10. The molecule has 120 valence electrons. The van der Waals surface area contributed by atoms with Gasteiger partial charge in [0.2, 0.25) is 0 Å². The highest BCUT2D eigenvalue weighted by atomic mass is 79.9. The zero-order valence-corrected chi connectivity index (χ0v) is 13.6. The maximum absolute atomic E-state index is 12.5. The molecule has 0 radical (unpaired) electrons. The van der Waals surface area contributed by atoms with E-state index >= 15 is 0 Å². The van der Waals surface area contributed by atoms with Crippen LogP contribution in [0.2, 0.25) is 0 Å².